The molecule has 1 saturated carbocycles. The van der Waals surface area contributed by atoms with Gasteiger partial charge < -0.3 is 4.74 Å². The lowest BCUT2D eigenvalue weighted by Crippen LogP contribution is -2.14. The van der Waals surface area contributed by atoms with Crippen LogP contribution in [0.2, 0.25) is 0 Å². The van der Waals surface area contributed by atoms with Gasteiger partial charge in [-0.15, -0.1) is 0 Å². The molecule has 0 unspecified atom stereocenters. The molecule has 0 N–H and O–H groups in total. The smallest absolute Gasteiger partial charge is 0.315 e. The first-order valence-corrected chi connectivity index (χ1v) is 10.6. The Bertz CT molecular complexity index is 828. The second-order valence-corrected chi connectivity index (χ2v) is 8.03. The van der Waals surface area contributed by atoms with E-state index >= 15 is 0 Å². The Morgan fingerprint density at radius 2 is 1.30 bits per heavy atom. The minimum absolute atomic E-state index is 0.0680. The molecule has 0 aromatic heterocycles. The van der Waals surface area contributed by atoms with Crippen molar-refractivity contribution in [1.29, 1.82) is 0 Å². The van der Waals surface area contributed by atoms with Crippen LogP contribution in [-0.4, -0.2) is 5.97 Å². The average molecular weight is 422 g/mol. The Morgan fingerprint density at radius 3 is 1.87 bits per heavy atom. The Hall–Kier alpha value is -2.37. The monoisotopic (exact) mass is 422 g/mol. The number of halogens is 4. The first-order valence-electron chi connectivity index (χ1n) is 10.6. The standard InChI is InChI=1S/C24H26F4O2/c25-19-15-20(26)23(28)24(22(19)27)30-21(29)14-18-11-9-17(10-12-18)13-16-7-5-3-1-2-4-6-8-16/h9-12,15-16H,1-8,13-14H2. The van der Waals surface area contributed by atoms with Gasteiger partial charge >= 0.3 is 5.97 Å². The highest BCUT2D eigenvalue weighted by Gasteiger charge is 2.23. The fraction of sp³-hybridized carbons (Fsp3) is 0.458. The molecule has 3 rings (SSSR count). The predicted octanol–water partition coefficient (Wildman–Crippen LogP) is 6.68. The lowest BCUT2D eigenvalue weighted by molar-refractivity contribution is -0.134. The fourth-order valence-corrected chi connectivity index (χ4v) is 4.01. The van der Waals surface area contributed by atoms with Crippen LogP contribution in [0.1, 0.15) is 62.5 Å². The molecule has 0 heterocycles. The predicted molar refractivity (Wildman–Crippen MR) is 106 cm³/mol. The maximum atomic E-state index is 13.6. The molecule has 1 fully saturated rings. The van der Waals surface area contributed by atoms with Crippen LogP contribution in [0.4, 0.5) is 17.6 Å². The Labute approximate surface area is 174 Å². The Kier molecular flexibility index (Phi) is 7.88. The van der Waals surface area contributed by atoms with Crippen LogP contribution in [0.5, 0.6) is 5.75 Å². The molecular weight excluding hydrogens is 396 g/mol. The van der Waals surface area contributed by atoms with Crippen LogP contribution in [0.25, 0.3) is 0 Å². The van der Waals surface area contributed by atoms with Gasteiger partial charge in [-0.25, -0.2) is 8.78 Å². The maximum Gasteiger partial charge on any atom is 0.315 e. The second kappa shape index (κ2) is 10.6. The Balaban J connectivity index is 1.58. The Morgan fingerprint density at radius 1 is 0.800 bits per heavy atom. The van der Waals surface area contributed by atoms with Crippen molar-refractivity contribution in [2.24, 2.45) is 5.92 Å². The van der Waals surface area contributed by atoms with E-state index in [-0.39, 0.29) is 12.5 Å². The van der Waals surface area contributed by atoms with E-state index in [2.05, 4.69) is 4.74 Å². The summed E-state index contributed by atoms with van der Waals surface area (Å²) in [7, 11) is 0. The fourth-order valence-electron chi connectivity index (χ4n) is 4.01. The summed E-state index contributed by atoms with van der Waals surface area (Å²) in [5.41, 5.74) is 1.77. The van der Waals surface area contributed by atoms with Gasteiger partial charge in [-0.2, -0.15) is 8.78 Å². The second-order valence-electron chi connectivity index (χ2n) is 8.03. The number of ether oxygens (including phenoxy) is 1. The number of rotatable bonds is 5. The summed E-state index contributed by atoms with van der Waals surface area (Å²) in [6.45, 7) is 0. The van der Waals surface area contributed by atoms with Crippen LogP contribution in [-0.2, 0) is 17.6 Å². The molecule has 0 atom stereocenters. The van der Waals surface area contributed by atoms with Crippen LogP contribution < -0.4 is 4.74 Å². The molecule has 1 aliphatic rings. The molecule has 0 saturated heterocycles. The molecule has 2 aromatic carbocycles. The third-order valence-corrected chi connectivity index (χ3v) is 5.66. The van der Waals surface area contributed by atoms with E-state index in [0.29, 0.717) is 11.5 Å². The summed E-state index contributed by atoms with van der Waals surface area (Å²) >= 11 is 0. The van der Waals surface area contributed by atoms with Crippen molar-refractivity contribution in [3.05, 3.63) is 64.7 Å². The van der Waals surface area contributed by atoms with E-state index in [4.69, 9.17) is 0 Å². The summed E-state index contributed by atoms with van der Waals surface area (Å²) in [5.74, 6) is -8.39. The zero-order valence-electron chi connectivity index (χ0n) is 16.9. The highest BCUT2D eigenvalue weighted by Crippen LogP contribution is 2.27. The zero-order valence-corrected chi connectivity index (χ0v) is 16.9. The van der Waals surface area contributed by atoms with E-state index in [0.717, 1.165) is 6.42 Å². The SMILES string of the molecule is O=C(Cc1ccc(CC2CCCCCCCC2)cc1)Oc1c(F)c(F)cc(F)c1F. The van der Waals surface area contributed by atoms with Crippen molar-refractivity contribution in [2.75, 3.05) is 0 Å². The topological polar surface area (TPSA) is 26.3 Å². The lowest BCUT2D eigenvalue weighted by Gasteiger charge is -2.16. The van der Waals surface area contributed by atoms with Crippen LogP contribution in [0.15, 0.2) is 30.3 Å². The number of esters is 1. The largest absolute Gasteiger partial charge is 0.420 e. The van der Waals surface area contributed by atoms with Crippen molar-refractivity contribution >= 4 is 5.97 Å². The average Bonchev–Trinajstić information content (AvgIpc) is 2.85. The number of hydrogen-bond acceptors (Lipinski definition) is 2. The van der Waals surface area contributed by atoms with Crippen LogP contribution in [0, 0.1) is 29.2 Å². The van der Waals surface area contributed by atoms with Gasteiger partial charge in [0.15, 0.2) is 11.6 Å². The van der Waals surface area contributed by atoms with Crippen molar-refractivity contribution in [1.82, 2.24) is 0 Å². The van der Waals surface area contributed by atoms with Crippen LogP contribution in [0.3, 0.4) is 0 Å². The summed E-state index contributed by atoms with van der Waals surface area (Å²) in [6.07, 6.45) is 11.0. The first kappa shape index (κ1) is 22.3. The normalized spacial score (nSPS) is 15.9. The minimum Gasteiger partial charge on any atom is -0.420 e. The van der Waals surface area contributed by atoms with Gasteiger partial charge in [0.25, 0.3) is 0 Å². The molecule has 1 aliphatic carbocycles. The maximum absolute atomic E-state index is 13.6. The third-order valence-electron chi connectivity index (χ3n) is 5.66. The number of carbonyl (C=O) groups excluding carboxylic acids is 1. The van der Waals surface area contributed by atoms with Gasteiger partial charge in [0.2, 0.25) is 17.4 Å². The number of benzene rings is 2. The molecule has 0 radical (unpaired) electrons. The van der Waals surface area contributed by atoms with Crippen molar-refractivity contribution in [2.45, 2.75) is 64.2 Å². The van der Waals surface area contributed by atoms with E-state index < -0.39 is 35.0 Å². The summed E-state index contributed by atoms with van der Waals surface area (Å²) in [6, 6.07) is 7.49. The third kappa shape index (κ3) is 6.07. The van der Waals surface area contributed by atoms with Crippen LogP contribution >= 0.6 is 0 Å². The van der Waals surface area contributed by atoms with Gasteiger partial charge in [0.1, 0.15) is 0 Å². The number of hydrogen-bond donors (Lipinski definition) is 0. The highest BCUT2D eigenvalue weighted by molar-refractivity contribution is 5.75. The summed E-state index contributed by atoms with van der Waals surface area (Å²) in [4.78, 5) is 12.0. The molecule has 30 heavy (non-hydrogen) atoms. The quantitative estimate of drug-likeness (QED) is 0.232. The molecular formula is C24H26F4O2. The van der Waals surface area contributed by atoms with E-state index in [1.165, 1.54) is 56.9 Å². The molecule has 0 spiro atoms. The van der Waals surface area contributed by atoms with E-state index in [1.807, 2.05) is 12.1 Å². The van der Waals surface area contributed by atoms with E-state index in [1.54, 1.807) is 12.1 Å². The molecule has 0 bridgehead atoms. The van der Waals surface area contributed by atoms with Gasteiger partial charge in [-0.1, -0.05) is 75.6 Å². The zero-order chi connectivity index (χ0) is 21.5. The molecule has 0 amide bonds. The molecule has 162 valence electrons. The number of carbonyl (C=O) groups is 1. The first-order chi connectivity index (χ1) is 14.4. The van der Waals surface area contributed by atoms with Crippen molar-refractivity contribution < 1.29 is 27.1 Å². The highest BCUT2D eigenvalue weighted by atomic mass is 19.2. The molecule has 2 aromatic rings. The lowest BCUT2D eigenvalue weighted by atomic mass is 9.90. The van der Waals surface area contributed by atoms with Crippen molar-refractivity contribution in [3.8, 4) is 5.75 Å². The van der Waals surface area contributed by atoms with Gasteiger partial charge in [-0.3, -0.25) is 4.79 Å². The van der Waals surface area contributed by atoms with E-state index in [9.17, 15) is 22.4 Å². The van der Waals surface area contributed by atoms with Gasteiger partial charge in [-0.05, 0) is 23.5 Å². The van der Waals surface area contributed by atoms with Crippen molar-refractivity contribution in [3.63, 3.8) is 0 Å². The molecule has 2 nitrogen and oxygen atoms in total. The summed E-state index contributed by atoms with van der Waals surface area (Å²) in [5, 5.41) is 0. The molecule has 6 heteroatoms. The van der Waals surface area contributed by atoms with Gasteiger partial charge in [0, 0.05) is 6.07 Å². The minimum atomic E-state index is -1.73. The van der Waals surface area contributed by atoms with Gasteiger partial charge in [0.05, 0.1) is 6.42 Å². The summed E-state index contributed by atoms with van der Waals surface area (Å²) < 4.78 is 58.3. The molecule has 0 aliphatic heterocycles.